The summed E-state index contributed by atoms with van der Waals surface area (Å²) in [5.74, 6) is -1.15. The molecule has 0 bridgehead atoms. The molecule has 0 aliphatic heterocycles. The minimum Gasteiger partial charge on any atom is -0.300 e. The fourth-order valence-electron chi connectivity index (χ4n) is 1.73. The van der Waals surface area contributed by atoms with Crippen LogP contribution in [0.4, 0.5) is 8.78 Å². The van der Waals surface area contributed by atoms with E-state index in [-0.39, 0.29) is 5.56 Å². The second kappa shape index (κ2) is 4.97. The van der Waals surface area contributed by atoms with Crippen LogP contribution in [-0.4, -0.2) is 14.8 Å². The Bertz CT molecular complexity index is 616. The normalized spacial score (nSPS) is 11.2. The number of hydrogen-bond acceptors (Lipinski definition) is 2. The van der Waals surface area contributed by atoms with Crippen molar-refractivity contribution < 1.29 is 8.78 Å². The highest BCUT2D eigenvalue weighted by Crippen LogP contribution is 2.23. The molecule has 1 N–H and O–H groups in total. The van der Waals surface area contributed by atoms with E-state index in [1.807, 2.05) is 13.8 Å². The van der Waals surface area contributed by atoms with E-state index in [0.717, 1.165) is 6.07 Å². The number of aromatic amines is 1. The molecule has 0 fully saturated rings. The number of halogens is 2. The van der Waals surface area contributed by atoms with Crippen molar-refractivity contribution in [2.45, 2.75) is 20.4 Å². The molecule has 0 aliphatic carbocycles. The SMILES string of the molecule is CC(C)Cn1c(-c2cccc(F)c2F)n[nH]c1=S. The second-order valence-electron chi connectivity index (χ2n) is 4.46. The minimum absolute atomic E-state index is 0.114. The molecule has 1 heterocycles. The number of rotatable bonds is 3. The van der Waals surface area contributed by atoms with Gasteiger partial charge < -0.3 is 0 Å². The van der Waals surface area contributed by atoms with Crippen molar-refractivity contribution in [2.75, 3.05) is 0 Å². The van der Waals surface area contributed by atoms with Crippen molar-refractivity contribution in [3.05, 3.63) is 34.6 Å². The van der Waals surface area contributed by atoms with Gasteiger partial charge in [0.25, 0.3) is 0 Å². The lowest BCUT2D eigenvalue weighted by Gasteiger charge is -2.10. The van der Waals surface area contributed by atoms with Gasteiger partial charge in [-0.05, 0) is 30.3 Å². The maximum atomic E-state index is 13.7. The molecule has 6 heteroatoms. The van der Waals surface area contributed by atoms with Crippen LogP contribution in [0.1, 0.15) is 13.8 Å². The van der Waals surface area contributed by atoms with E-state index in [0.29, 0.717) is 23.1 Å². The number of hydrogen-bond donors (Lipinski definition) is 1. The highest BCUT2D eigenvalue weighted by Gasteiger charge is 2.16. The van der Waals surface area contributed by atoms with Crippen molar-refractivity contribution in [1.29, 1.82) is 0 Å². The summed E-state index contributed by atoms with van der Waals surface area (Å²) in [7, 11) is 0. The van der Waals surface area contributed by atoms with Gasteiger partial charge in [-0.25, -0.2) is 8.78 Å². The van der Waals surface area contributed by atoms with Gasteiger partial charge in [0.1, 0.15) is 0 Å². The van der Waals surface area contributed by atoms with Crippen LogP contribution >= 0.6 is 12.2 Å². The highest BCUT2D eigenvalue weighted by atomic mass is 32.1. The van der Waals surface area contributed by atoms with Crippen LogP contribution in [-0.2, 0) is 6.54 Å². The zero-order valence-electron chi connectivity index (χ0n) is 10.1. The molecule has 1 aromatic carbocycles. The monoisotopic (exact) mass is 269 g/mol. The average Bonchev–Trinajstić information content (AvgIpc) is 2.64. The van der Waals surface area contributed by atoms with Crippen LogP contribution in [0.25, 0.3) is 11.4 Å². The Kier molecular flexibility index (Phi) is 3.56. The maximum Gasteiger partial charge on any atom is 0.195 e. The summed E-state index contributed by atoms with van der Waals surface area (Å²) in [6.07, 6.45) is 0. The third-order valence-corrected chi connectivity index (χ3v) is 2.81. The first-order valence-electron chi connectivity index (χ1n) is 5.60. The van der Waals surface area contributed by atoms with E-state index in [1.54, 1.807) is 4.57 Å². The predicted octanol–water partition coefficient (Wildman–Crippen LogP) is 3.54. The molecule has 18 heavy (non-hydrogen) atoms. The van der Waals surface area contributed by atoms with Gasteiger partial charge >= 0.3 is 0 Å². The quantitative estimate of drug-likeness (QED) is 0.865. The highest BCUT2D eigenvalue weighted by molar-refractivity contribution is 7.71. The van der Waals surface area contributed by atoms with E-state index in [2.05, 4.69) is 10.2 Å². The Morgan fingerprint density at radius 1 is 1.39 bits per heavy atom. The van der Waals surface area contributed by atoms with Gasteiger partial charge in [0.2, 0.25) is 0 Å². The molecule has 0 aliphatic rings. The van der Waals surface area contributed by atoms with E-state index in [4.69, 9.17) is 12.2 Å². The van der Waals surface area contributed by atoms with Crippen LogP contribution < -0.4 is 0 Å². The Morgan fingerprint density at radius 2 is 2.11 bits per heavy atom. The lowest BCUT2D eigenvalue weighted by Crippen LogP contribution is -2.07. The van der Waals surface area contributed by atoms with E-state index in [1.165, 1.54) is 12.1 Å². The van der Waals surface area contributed by atoms with E-state index < -0.39 is 11.6 Å². The topological polar surface area (TPSA) is 33.6 Å². The minimum atomic E-state index is -0.906. The first kappa shape index (κ1) is 12.9. The molecule has 0 atom stereocenters. The zero-order valence-corrected chi connectivity index (χ0v) is 10.9. The van der Waals surface area contributed by atoms with Gasteiger partial charge in [0.15, 0.2) is 22.2 Å². The van der Waals surface area contributed by atoms with Gasteiger partial charge in [-0.15, -0.1) is 0 Å². The van der Waals surface area contributed by atoms with Gasteiger partial charge in [0, 0.05) is 6.54 Å². The Balaban J connectivity index is 2.58. The molecule has 2 rings (SSSR count). The Labute approximate surface area is 108 Å². The summed E-state index contributed by atoms with van der Waals surface area (Å²) in [6.45, 7) is 4.63. The van der Waals surface area contributed by atoms with Gasteiger partial charge in [-0.2, -0.15) is 5.10 Å². The molecule has 96 valence electrons. The summed E-state index contributed by atoms with van der Waals surface area (Å²) >= 11 is 5.10. The predicted molar refractivity (Wildman–Crippen MR) is 67.6 cm³/mol. The molecular weight excluding hydrogens is 256 g/mol. The van der Waals surface area contributed by atoms with E-state index in [9.17, 15) is 8.78 Å². The second-order valence-corrected chi connectivity index (χ2v) is 4.84. The number of H-pyrrole nitrogens is 1. The van der Waals surface area contributed by atoms with Crippen LogP contribution in [0.15, 0.2) is 18.2 Å². The third kappa shape index (κ3) is 2.33. The molecule has 0 saturated carbocycles. The smallest absolute Gasteiger partial charge is 0.195 e. The van der Waals surface area contributed by atoms with Crippen molar-refractivity contribution in [1.82, 2.24) is 14.8 Å². The van der Waals surface area contributed by atoms with Gasteiger partial charge in [0.05, 0.1) is 5.56 Å². The number of nitrogens with zero attached hydrogens (tertiary/aromatic N) is 2. The number of aromatic nitrogens is 3. The van der Waals surface area contributed by atoms with Crippen LogP contribution in [0.5, 0.6) is 0 Å². The summed E-state index contributed by atoms with van der Waals surface area (Å²) in [4.78, 5) is 0. The Hall–Kier alpha value is -1.56. The summed E-state index contributed by atoms with van der Waals surface area (Å²) in [6, 6.07) is 4.01. The summed E-state index contributed by atoms with van der Waals surface area (Å²) in [5, 5.41) is 6.59. The molecule has 1 aromatic heterocycles. The molecule has 2 aromatic rings. The number of nitrogens with one attached hydrogen (secondary N) is 1. The van der Waals surface area contributed by atoms with Crippen LogP contribution in [0.3, 0.4) is 0 Å². The molecule has 0 saturated heterocycles. The standard InChI is InChI=1S/C12H13F2N3S/c1-7(2)6-17-11(15-16-12(17)18)8-4-3-5-9(13)10(8)14/h3-5,7H,6H2,1-2H3,(H,16,18). The van der Waals surface area contributed by atoms with E-state index >= 15 is 0 Å². The average molecular weight is 269 g/mol. The fourth-order valence-corrected chi connectivity index (χ4v) is 1.94. The summed E-state index contributed by atoms with van der Waals surface area (Å²) in [5.41, 5.74) is 0.114. The molecular formula is C12H13F2N3S. The maximum absolute atomic E-state index is 13.7. The van der Waals surface area contributed by atoms with Crippen LogP contribution in [0.2, 0.25) is 0 Å². The molecule has 0 amide bonds. The third-order valence-electron chi connectivity index (χ3n) is 2.50. The lowest BCUT2D eigenvalue weighted by atomic mass is 10.1. The van der Waals surface area contributed by atoms with Gasteiger partial charge in [-0.1, -0.05) is 19.9 Å². The van der Waals surface area contributed by atoms with Crippen molar-refractivity contribution in [3.63, 3.8) is 0 Å². The van der Waals surface area contributed by atoms with Gasteiger partial charge in [-0.3, -0.25) is 9.67 Å². The van der Waals surface area contributed by atoms with Crippen molar-refractivity contribution >= 4 is 12.2 Å². The molecule has 0 unspecified atom stereocenters. The number of benzene rings is 1. The molecule has 0 radical (unpaired) electrons. The largest absolute Gasteiger partial charge is 0.300 e. The lowest BCUT2D eigenvalue weighted by molar-refractivity contribution is 0.503. The molecule has 0 spiro atoms. The first-order valence-corrected chi connectivity index (χ1v) is 6.01. The van der Waals surface area contributed by atoms with Crippen molar-refractivity contribution in [3.8, 4) is 11.4 Å². The fraction of sp³-hybridized carbons (Fsp3) is 0.333. The summed E-state index contributed by atoms with van der Waals surface area (Å²) < 4.78 is 29.0. The van der Waals surface area contributed by atoms with Crippen molar-refractivity contribution in [2.24, 2.45) is 5.92 Å². The zero-order chi connectivity index (χ0) is 13.3. The van der Waals surface area contributed by atoms with Crippen LogP contribution in [0, 0.1) is 22.3 Å². The first-order chi connectivity index (χ1) is 8.50. The molecule has 3 nitrogen and oxygen atoms in total. The Morgan fingerprint density at radius 3 is 2.78 bits per heavy atom.